The van der Waals surface area contributed by atoms with Gasteiger partial charge < -0.3 is 5.32 Å². The van der Waals surface area contributed by atoms with Crippen LogP contribution in [0.5, 0.6) is 0 Å². The van der Waals surface area contributed by atoms with E-state index in [0.29, 0.717) is 11.2 Å². The van der Waals surface area contributed by atoms with Gasteiger partial charge in [-0.3, -0.25) is 9.69 Å². The lowest BCUT2D eigenvalue weighted by Gasteiger charge is -2.23. The van der Waals surface area contributed by atoms with Crippen molar-refractivity contribution in [2.45, 2.75) is 38.8 Å². The Hall–Kier alpha value is -1.79. The molecular formula is C17H20FN3OS. The number of aromatic nitrogens is 1. The minimum absolute atomic E-state index is 0.101. The number of nitrogens with one attached hydrogen (secondary N) is 1. The number of anilines is 1. The van der Waals surface area contributed by atoms with Crippen LogP contribution in [0, 0.1) is 5.82 Å². The molecule has 1 saturated heterocycles. The Bertz CT molecular complexity index is 688. The van der Waals surface area contributed by atoms with Crippen LogP contribution in [-0.2, 0) is 17.8 Å². The monoisotopic (exact) mass is 333 g/mol. The summed E-state index contributed by atoms with van der Waals surface area (Å²) in [6.07, 6.45) is 3.14. The van der Waals surface area contributed by atoms with Gasteiger partial charge in [0.05, 0.1) is 5.69 Å². The molecule has 2 heterocycles. The van der Waals surface area contributed by atoms with Crippen LogP contribution < -0.4 is 5.32 Å². The van der Waals surface area contributed by atoms with Gasteiger partial charge in [0, 0.05) is 24.9 Å². The Labute approximate surface area is 139 Å². The van der Waals surface area contributed by atoms with Crippen molar-refractivity contribution in [1.82, 2.24) is 9.88 Å². The molecule has 6 heteroatoms. The van der Waals surface area contributed by atoms with Gasteiger partial charge in [-0.05, 0) is 43.5 Å². The highest BCUT2D eigenvalue weighted by atomic mass is 32.1. The lowest BCUT2D eigenvalue weighted by atomic mass is 10.0. The zero-order valence-corrected chi connectivity index (χ0v) is 13.9. The van der Waals surface area contributed by atoms with Crippen molar-refractivity contribution in [1.29, 1.82) is 0 Å². The summed E-state index contributed by atoms with van der Waals surface area (Å²) in [4.78, 5) is 17.9. The third-order valence-electron chi connectivity index (χ3n) is 4.06. The zero-order valence-electron chi connectivity index (χ0n) is 13.1. The molecule has 0 radical (unpaired) electrons. The van der Waals surface area contributed by atoms with Crippen LogP contribution in [0.3, 0.4) is 0 Å². The predicted octanol–water partition coefficient (Wildman–Crippen LogP) is 3.45. The summed E-state index contributed by atoms with van der Waals surface area (Å²) in [6.45, 7) is 3.29. The standard InChI is InChI=1S/C17H20FN3OS/c1-12(22)19-17-20-15(11-23-17)10-21-7-3-6-16(21)9-13-4-2-5-14(18)8-13/h2,4-5,8,11,16H,3,6-7,9-10H2,1H3,(H,19,20,22). The molecule has 23 heavy (non-hydrogen) atoms. The van der Waals surface area contributed by atoms with Crippen molar-refractivity contribution < 1.29 is 9.18 Å². The molecule has 0 spiro atoms. The molecule has 1 N–H and O–H groups in total. The fraction of sp³-hybridized carbons (Fsp3) is 0.412. The number of benzene rings is 1. The van der Waals surface area contributed by atoms with Gasteiger partial charge in [0.15, 0.2) is 5.13 Å². The average Bonchev–Trinajstić information content (AvgIpc) is 3.09. The van der Waals surface area contributed by atoms with Gasteiger partial charge in [0.2, 0.25) is 5.91 Å². The summed E-state index contributed by atoms with van der Waals surface area (Å²) in [5, 5.41) is 5.35. The molecule has 1 aromatic heterocycles. The number of likely N-dealkylation sites (tertiary alicyclic amines) is 1. The molecule has 1 atom stereocenters. The van der Waals surface area contributed by atoms with Crippen LogP contribution in [0.4, 0.5) is 9.52 Å². The molecule has 2 aromatic rings. The average molecular weight is 333 g/mol. The first-order valence-corrected chi connectivity index (χ1v) is 8.68. The molecule has 1 unspecified atom stereocenters. The van der Waals surface area contributed by atoms with E-state index in [4.69, 9.17) is 0 Å². The molecule has 1 aliphatic heterocycles. The summed E-state index contributed by atoms with van der Waals surface area (Å²) >= 11 is 1.45. The first kappa shape index (κ1) is 16.1. The number of halogens is 1. The van der Waals surface area contributed by atoms with Gasteiger partial charge in [0.25, 0.3) is 0 Å². The van der Waals surface area contributed by atoms with Crippen molar-refractivity contribution in [2.24, 2.45) is 0 Å². The Morgan fingerprint density at radius 1 is 1.52 bits per heavy atom. The van der Waals surface area contributed by atoms with E-state index >= 15 is 0 Å². The number of carbonyl (C=O) groups is 1. The van der Waals surface area contributed by atoms with E-state index in [1.165, 1.54) is 24.3 Å². The fourth-order valence-corrected chi connectivity index (χ4v) is 3.81. The number of thiazole rings is 1. The van der Waals surface area contributed by atoms with Gasteiger partial charge in [-0.25, -0.2) is 9.37 Å². The SMILES string of the molecule is CC(=O)Nc1nc(CN2CCCC2Cc2cccc(F)c2)cs1. The highest BCUT2D eigenvalue weighted by molar-refractivity contribution is 7.13. The summed E-state index contributed by atoms with van der Waals surface area (Å²) in [5.41, 5.74) is 2.02. The summed E-state index contributed by atoms with van der Waals surface area (Å²) in [5.74, 6) is -0.275. The summed E-state index contributed by atoms with van der Waals surface area (Å²) < 4.78 is 13.3. The van der Waals surface area contributed by atoms with E-state index in [9.17, 15) is 9.18 Å². The van der Waals surface area contributed by atoms with E-state index in [-0.39, 0.29) is 11.7 Å². The van der Waals surface area contributed by atoms with Gasteiger partial charge in [0.1, 0.15) is 5.82 Å². The number of rotatable bonds is 5. The smallest absolute Gasteiger partial charge is 0.223 e. The van der Waals surface area contributed by atoms with Gasteiger partial charge >= 0.3 is 0 Å². The molecule has 0 bridgehead atoms. The normalized spacial score (nSPS) is 18.3. The van der Waals surface area contributed by atoms with Gasteiger partial charge in [-0.1, -0.05) is 12.1 Å². The molecule has 3 rings (SSSR count). The molecule has 1 aliphatic rings. The van der Waals surface area contributed by atoms with E-state index in [1.807, 2.05) is 11.4 Å². The van der Waals surface area contributed by atoms with Crippen LogP contribution in [0.1, 0.15) is 31.0 Å². The Balaban J connectivity index is 1.62. The van der Waals surface area contributed by atoms with Crippen molar-refractivity contribution in [3.63, 3.8) is 0 Å². The lowest BCUT2D eigenvalue weighted by molar-refractivity contribution is -0.114. The molecule has 0 saturated carbocycles. The molecule has 4 nitrogen and oxygen atoms in total. The molecular weight excluding hydrogens is 313 g/mol. The Morgan fingerprint density at radius 2 is 2.39 bits per heavy atom. The number of hydrogen-bond acceptors (Lipinski definition) is 4. The van der Waals surface area contributed by atoms with E-state index in [2.05, 4.69) is 15.2 Å². The minimum atomic E-state index is -0.175. The van der Waals surface area contributed by atoms with Crippen molar-refractivity contribution in [2.75, 3.05) is 11.9 Å². The van der Waals surface area contributed by atoms with Crippen LogP contribution >= 0.6 is 11.3 Å². The van der Waals surface area contributed by atoms with Crippen LogP contribution in [-0.4, -0.2) is 28.4 Å². The van der Waals surface area contributed by atoms with Crippen molar-refractivity contribution >= 4 is 22.4 Å². The second kappa shape index (κ2) is 7.19. The number of amides is 1. The minimum Gasteiger partial charge on any atom is -0.302 e. The molecule has 0 aliphatic carbocycles. The Morgan fingerprint density at radius 3 is 3.17 bits per heavy atom. The first-order chi connectivity index (χ1) is 11.1. The number of hydrogen-bond donors (Lipinski definition) is 1. The number of nitrogens with zero attached hydrogens (tertiary/aromatic N) is 2. The fourth-order valence-electron chi connectivity index (χ4n) is 3.07. The maximum absolute atomic E-state index is 13.3. The lowest BCUT2D eigenvalue weighted by Crippen LogP contribution is -2.30. The molecule has 1 fully saturated rings. The van der Waals surface area contributed by atoms with Gasteiger partial charge in [-0.2, -0.15) is 0 Å². The zero-order chi connectivity index (χ0) is 16.2. The quantitative estimate of drug-likeness (QED) is 0.911. The second-order valence-corrected chi connectivity index (χ2v) is 6.78. The van der Waals surface area contributed by atoms with Crippen molar-refractivity contribution in [3.8, 4) is 0 Å². The topological polar surface area (TPSA) is 45.2 Å². The van der Waals surface area contributed by atoms with E-state index < -0.39 is 0 Å². The van der Waals surface area contributed by atoms with Crippen LogP contribution in [0.2, 0.25) is 0 Å². The van der Waals surface area contributed by atoms with Crippen molar-refractivity contribution in [3.05, 3.63) is 46.7 Å². The summed E-state index contributed by atoms with van der Waals surface area (Å²) in [7, 11) is 0. The maximum atomic E-state index is 13.3. The van der Waals surface area contributed by atoms with Gasteiger partial charge in [-0.15, -0.1) is 11.3 Å². The predicted molar refractivity (Wildman–Crippen MR) is 90.0 cm³/mol. The highest BCUT2D eigenvalue weighted by Crippen LogP contribution is 2.25. The third-order valence-corrected chi connectivity index (χ3v) is 4.87. The summed E-state index contributed by atoms with van der Waals surface area (Å²) in [6, 6.07) is 7.27. The highest BCUT2D eigenvalue weighted by Gasteiger charge is 2.25. The van der Waals surface area contributed by atoms with Crippen LogP contribution in [0.25, 0.3) is 0 Å². The largest absolute Gasteiger partial charge is 0.302 e. The molecule has 1 amide bonds. The van der Waals surface area contributed by atoms with E-state index in [1.54, 1.807) is 12.1 Å². The maximum Gasteiger partial charge on any atom is 0.223 e. The number of carbonyl (C=O) groups excluding carboxylic acids is 1. The Kier molecular flexibility index (Phi) is 5.03. The molecule has 122 valence electrons. The molecule has 1 aromatic carbocycles. The third kappa shape index (κ3) is 4.36. The van der Waals surface area contributed by atoms with E-state index in [0.717, 1.165) is 43.6 Å². The second-order valence-electron chi connectivity index (χ2n) is 5.93. The first-order valence-electron chi connectivity index (χ1n) is 7.80. The van der Waals surface area contributed by atoms with Crippen LogP contribution in [0.15, 0.2) is 29.6 Å².